The van der Waals surface area contributed by atoms with E-state index in [2.05, 4.69) is 27.5 Å². The van der Waals surface area contributed by atoms with Gasteiger partial charge in [-0.3, -0.25) is 4.79 Å². The zero-order valence-electron chi connectivity index (χ0n) is 12.2. The van der Waals surface area contributed by atoms with Gasteiger partial charge in [-0.05, 0) is 24.5 Å². The number of carbonyl (C=O) groups is 1. The van der Waals surface area contributed by atoms with Crippen LogP contribution in [0, 0.1) is 0 Å². The maximum Gasteiger partial charge on any atom is 0.270 e. The first-order valence-corrected chi connectivity index (χ1v) is 7.18. The fraction of sp³-hybridized carbons (Fsp3) is 0.312. The molecule has 2 rings (SSSR count). The van der Waals surface area contributed by atoms with E-state index in [0.717, 1.165) is 19.4 Å². The summed E-state index contributed by atoms with van der Waals surface area (Å²) in [7, 11) is 0. The first-order valence-electron chi connectivity index (χ1n) is 7.18. The van der Waals surface area contributed by atoms with E-state index >= 15 is 0 Å². The van der Waals surface area contributed by atoms with Crippen molar-refractivity contribution in [2.45, 2.75) is 19.8 Å². The van der Waals surface area contributed by atoms with E-state index in [9.17, 15) is 4.79 Å². The van der Waals surface area contributed by atoms with Crippen molar-refractivity contribution < 1.29 is 4.79 Å². The van der Waals surface area contributed by atoms with Gasteiger partial charge in [-0.25, -0.2) is 9.97 Å². The van der Waals surface area contributed by atoms with Crippen LogP contribution in [0.4, 0.5) is 5.95 Å². The van der Waals surface area contributed by atoms with Crippen LogP contribution in [0.25, 0.3) is 0 Å². The lowest BCUT2D eigenvalue weighted by molar-refractivity contribution is 0.0949. The fourth-order valence-electron chi connectivity index (χ4n) is 1.86. The number of hydrogen-bond donors (Lipinski definition) is 2. The molecule has 0 aliphatic heterocycles. The molecule has 5 nitrogen and oxygen atoms in total. The summed E-state index contributed by atoms with van der Waals surface area (Å²) in [4.78, 5) is 20.3. The zero-order valence-corrected chi connectivity index (χ0v) is 12.2. The second-order valence-electron chi connectivity index (χ2n) is 4.68. The molecule has 5 heteroatoms. The molecule has 0 bridgehead atoms. The zero-order chi connectivity index (χ0) is 14.9. The minimum Gasteiger partial charge on any atom is -0.354 e. The van der Waals surface area contributed by atoms with Gasteiger partial charge < -0.3 is 10.6 Å². The van der Waals surface area contributed by atoms with Gasteiger partial charge >= 0.3 is 0 Å². The van der Waals surface area contributed by atoms with Crippen LogP contribution >= 0.6 is 0 Å². The molecule has 1 heterocycles. The Hall–Kier alpha value is -2.43. The topological polar surface area (TPSA) is 66.9 Å². The van der Waals surface area contributed by atoms with Gasteiger partial charge in [-0.15, -0.1) is 0 Å². The van der Waals surface area contributed by atoms with Crippen molar-refractivity contribution in [2.75, 3.05) is 18.4 Å². The number of benzene rings is 1. The molecule has 2 aromatic rings. The van der Waals surface area contributed by atoms with Gasteiger partial charge in [0.1, 0.15) is 5.69 Å². The molecule has 0 unspecified atom stereocenters. The van der Waals surface area contributed by atoms with Gasteiger partial charge in [0, 0.05) is 19.3 Å². The SMILES string of the molecule is CCCNc1nccc(C(=O)NCCc2ccccc2)n1. The Morgan fingerprint density at radius 2 is 1.95 bits per heavy atom. The van der Waals surface area contributed by atoms with Crippen LogP contribution in [0.1, 0.15) is 29.4 Å². The van der Waals surface area contributed by atoms with E-state index in [0.29, 0.717) is 18.2 Å². The predicted molar refractivity (Wildman–Crippen MR) is 83.3 cm³/mol. The van der Waals surface area contributed by atoms with Crippen LogP contribution < -0.4 is 10.6 Å². The summed E-state index contributed by atoms with van der Waals surface area (Å²) in [5.41, 5.74) is 1.59. The highest BCUT2D eigenvalue weighted by molar-refractivity contribution is 5.92. The molecule has 0 spiro atoms. The predicted octanol–water partition coefficient (Wildman–Crippen LogP) is 2.27. The molecule has 0 aliphatic rings. The molecule has 0 radical (unpaired) electrons. The van der Waals surface area contributed by atoms with E-state index in [-0.39, 0.29) is 5.91 Å². The third kappa shape index (κ3) is 4.87. The molecule has 0 saturated heterocycles. The van der Waals surface area contributed by atoms with Gasteiger partial charge in [-0.1, -0.05) is 37.3 Å². The lowest BCUT2D eigenvalue weighted by Gasteiger charge is -2.07. The van der Waals surface area contributed by atoms with Crippen LogP contribution in [0.5, 0.6) is 0 Å². The largest absolute Gasteiger partial charge is 0.354 e. The van der Waals surface area contributed by atoms with Crippen LogP contribution in [-0.4, -0.2) is 29.0 Å². The number of anilines is 1. The maximum atomic E-state index is 12.0. The standard InChI is InChI=1S/C16H20N4O/c1-2-10-18-16-19-12-9-14(20-16)15(21)17-11-8-13-6-4-3-5-7-13/h3-7,9,12H,2,8,10-11H2,1H3,(H,17,21)(H,18,19,20). The van der Waals surface area contributed by atoms with Crippen LogP contribution in [0.3, 0.4) is 0 Å². The van der Waals surface area contributed by atoms with Crippen molar-refractivity contribution in [3.63, 3.8) is 0 Å². The molecule has 1 amide bonds. The van der Waals surface area contributed by atoms with Crippen molar-refractivity contribution in [1.82, 2.24) is 15.3 Å². The summed E-state index contributed by atoms with van der Waals surface area (Å²) in [6, 6.07) is 11.7. The van der Waals surface area contributed by atoms with Gasteiger partial charge in [0.15, 0.2) is 0 Å². The average Bonchev–Trinajstić information content (AvgIpc) is 2.54. The summed E-state index contributed by atoms with van der Waals surface area (Å²) in [5, 5.41) is 5.94. The van der Waals surface area contributed by atoms with E-state index in [1.54, 1.807) is 12.3 Å². The number of nitrogens with one attached hydrogen (secondary N) is 2. The molecule has 0 saturated carbocycles. The number of hydrogen-bond acceptors (Lipinski definition) is 4. The lowest BCUT2D eigenvalue weighted by atomic mass is 10.1. The highest BCUT2D eigenvalue weighted by atomic mass is 16.1. The fourth-order valence-corrected chi connectivity index (χ4v) is 1.86. The summed E-state index contributed by atoms with van der Waals surface area (Å²) in [6.45, 7) is 3.44. The Kier molecular flexibility index (Phi) is 5.70. The summed E-state index contributed by atoms with van der Waals surface area (Å²) in [5.74, 6) is 0.320. The van der Waals surface area contributed by atoms with Crippen LogP contribution in [0.2, 0.25) is 0 Å². The molecule has 21 heavy (non-hydrogen) atoms. The Balaban J connectivity index is 1.85. The summed E-state index contributed by atoms with van der Waals surface area (Å²) in [6.07, 6.45) is 3.38. The quantitative estimate of drug-likeness (QED) is 0.818. The van der Waals surface area contributed by atoms with Crippen molar-refractivity contribution in [3.05, 3.63) is 53.9 Å². The van der Waals surface area contributed by atoms with Crippen molar-refractivity contribution >= 4 is 11.9 Å². The number of rotatable bonds is 7. The van der Waals surface area contributed by atoms with Gasteiger partial charge in [-0.2, -0.15) is 0 Å². The molecule has 0 aliphatic carbocycles. The average molecular weight is 284 g/mol. The summed E-state index contributed by atoms with van der Waals surface area (Å²) >= 11 is 0. The van der Waals surface area contributed by atoms with Crippen molar-refractivity contribution in [1.29, 1.82) is 0 Å². The van der Waals surface area contributed by atoms with Gasteiger partial charge in [0.2, 0.25) is 5.95 Å². The van der Waals surface area contributed by atoms with Crippen molar-refractivity contribution in [3.8, 4) is 0 Å². The molecule has 1 aromatic heterocycles. The van der Waals surface area contributed by atoms with E-state index in [4.69, 9.17) is 0 Å². The normalized spacial score (nSPS) is 10.1. The molecular weight excluding hydrogens is 264 g/mol. The third-order valence-corrected chi connectivity index (χ3v) is 2.96. The molecule has 110 valence electrons. The second kappa shape index (κ2) is 7.99. The highest BCUT2D eigenvalue weighted by Gasteiger charge is 2.07. The van der Waals surface area contributed by atoms with Gasteiger partial charge in [0.25, 0.3) is 5.91 Å². The third-order valence-electron chi connectivity index (χ3n) is 2.96. The Bertz CT molecular complexity index is 571. The first kappa shape index (κ1) is 15.0. The van der Waals surface area contributed by atoms with Gasteiger partial charge in [0.05, 0.1) is 0 Å². The lowest BCUT2D eigenvalue weighted by Crippen LogP contribution is -2.26. The van der Waals surface area contributed by atoms with E-state index < -0.39 is 0 Å². The van der Waals surface area contributed by atoms with Crippen LogP contribution in [-0.2, 0) is 6.42 Å². The smallest absolute Gasteiger partial charge is 0.270 e. The molecule has 1 aromatic carbocycles. The van der Waals surface area contributed by atoms with Crippen molar-refractivity contribution in [2.24, 2.45) is 0 Å². The van der Waals surface area contributed by atoms with E-state index in [1.807, 2.05) is 30.3 Å². The highest BCUT2D eigenvalue weighted by Crippen LogP contribution is 2.02. The molecule has 2 N–H and O–H groups in total. The Labute approximate surface area is 124 Å². The molecule has 0 atom stereocenters. The number of nitrogens with zero attached hydrogens (tertiary/aromatic N) is 2. The van der Waals surface area contributed by atoms with E-state index in [1.165, 1.54) is 5.56 Å². The Morgan fingerprint density at radius 1 is 1.14 bits per heavy atom. The minimum atomic E-state index is -0.173. The first-order chi connectivity index (χ1) is 10.3. The maximum absolute atomic E-state index is 12.0. The second-order valence-corrected chi connectivity index (χ2v) is 4.68. The number of amides is 1. The number of aromatic nitrogens is 2. The monoisotopic (exact) mass is 284 g/mol. The Morgan fingerprint density at radius 3 is 2.71 bits per heavy atom. The minimum absolute atomic E-state index is 0.173. The van der Waals surface area contributed by atoms with Crippen LogP contribution in [0.15, 0.2) is 42.6 Å². The number of carbonyl (C=O) groups excluding carboxylic acids is 1. The molecule has 0 fully saturated rings. The molecular formula is C16H20N4O. The summed E-state index contributed by atoms with van der Waals surface area (Å²) < 4.78 is 0.